The summed E-state index contributed by atoms with van der Waals surface area (Å²) in [5.41, 5.74) is 1.16. The van der Waals surface area contributed by atoms with Crippen molar-refractivity contribution in [3.63, 3.8) is 0 Å². The van der Waals surface area contributed by atoms with Gasteiger partial charge in [-0.25, -0.2) is 4.98 Å². The number of aryl methyl sites for hydroxylation is 1. The highest BCUT2D eigenvalue weighted by Gasteiger charge is 2.16. The summed E-state index contributed by atoms with van der Waals surface area (Å²) in [5.74, 6) is 0. The fourth-order valence-corrected chi connectivity index (χ4v) is 2.94. The lowest BCUT2D eigenvalue weighted by Crippen LogP contribution is -2.36. The molecule has 1 N–H and O–H groups in total. The second-order valence-electron chi connectivity index (χ2n) is 4.79. The predicted octanol–water partition coefficient (Wildman–Crippen LogP) is 2.18. The van der Waals surface area contributed by atoms with Crippen molar-refractivity contribution in [2.45, 2.75) is 39.8 Å². The number of hydrogen-bond acceptors (Lipinski definition) is 5. The van der Waals surface area contributed by atoms with Crippen LogP contribution in [0.15, 0.2) is 0 Å². The Labute approximate surface area is 113 Å². The Balaban J connectivity index is 1.97. The van der Waals surface area contributed by atoms with E-state index < -0.39 is 0 Å². The fraction of sp³-hybridized carbons (Fsp3) is 0.769. The van der Waals surface area contributed by atoms with Gasteiger partial charge in [-0.3, -0.25) is 0 Å². The number of rotatable bonds is 5. The Morgan fingerprint density at radius 2 is 2.17 bits per heavy atom. The van der Waals surface area contributed by atoms with E-state index in [2.05, 4.69) is 36.0 Å². The molecule has 1 atom stereocenters. The van der Waals surface area contributed by atoms with Gasteiger partial charge < -0.3 is 15.0 Å². The van der Waals surface area contributed by atoms with E-state index >= 15 is 0 Å². The highest BCUT2D eigenvalue weighted by Crippen LogP contribution is 2.26. The van der Waals surface area contributed by atoms with E-state index in [0.717, 1.165) is 50.1 Å². The van der Waals surface area contributed by atoms with E-state index in [1.54, 1.807) is 0 Å². The maximum atomic E-state index is 5.37. The van der Waals surface area contributed by atoms with Crippen LogP contribution in [0.3, 0.4) is 0 Å². The maximum absolute atomic E-state index is 5.37. The molecule has 2 rings (SSSR count). The molecule has 0 amide bonds. The molecule has 0 aromatic carbocycles. The molecule has 18 heavy (non-hydrogen) atoms. The topological polar surface area (TPSA) is 37.4 Å². The lowest BCUT2D eigenvalue weighted by molar-refractivity contribution is 0.122. The van der Waals surface area contributed by atoms with E-state index in [4.69, 9.17) is 4.74 Å². The smallest absolute Gasteiger partial charge is 0.185 e. The highest BCUT2D eigenvalue weighted by atomic mass is 32.1. The summed E-state index contributed by atoms with van der Waals surface area (Å²) < 4.78 is 5.37. The molecule has 1 aliphatic rings. The molecule has 0 aliphatic carbocycles. The van der Waals surface area contributed by atoms with Crippen molar-refractivity contribution in [2.24, 2.45) is 0 Å². The summed E-state index contributed by atoms with van der Waals surface area (Å²) in [5, 5.41) is 4.68. The average molecular weight is 269 g/mol. The van der Waals surface area contributed by atoms with E-state index in [-0.39, 0.29) is 0 Å². The Morgan fingerprint density at radius 3 is 2.83 bits per heavy atom. The monoisotopic (exact) mass is 269 g/mol. The van der Waals surface area contributed by atoms with Gasteiger partial charge in [0.05, 0.1) is 18.9 Å². The Bertz CT molecular complexity index is 374. The largest absolute Gasteiger partial charge is 0.378 e. The number of nitrogens with zero attached hydrogens (tertiary/aromatic N) is 2. The first-order valence-electron chi connectivity index (χ1n) is 6.73. The second kappa shape index (κ2) is 6.50. The van der Waals surface area contributed by atoms with E-state index in [1.165, 1.54) is 4.88 Å². The van der Waals surface area contributed by atoms with Crippen molar-refractivity contribution in [2.75, 3.05) is 31.2 Å². The molecular weight excluding hydrogens is 246 g/mol. The van der Waals surface area contributed by atoms with Gasteiger partial charge in [0.1, 0.15) is 0 Å². The van der Waals surface area contributed by atoms with Crippen LogP contribution in [0.2, 0.25) is 0 Å². The zero-order valence-corrected chi connectivity index (χ0v) is 12.3. The van der Waals surface area contributed by atoms with Gasteiger partial charge in [-0.15, -0.1) is 11.3 Å². The van der Waals surface area contributed by atoms with Crippen LogP contribution in [0.5, 0.6) is 0 Å². The number of anilines is 1. The maximum Gasteiger partial charge on any atom is 0.185 e. The van der Waals surface area contributed by atoms with Gasteiger partial charge in [-0.05, 0) is 20.3 Å². The molecule has 1 aromatic rings. The van der Waals surface area contributed by atoms with Crippen LogP contribution in [0.1, 0.15) is 30.8 Å². The number of thiazole rings is 1. The normalized spacial score (nSPS) is 18.1. The molecule has 102 valence electrons. The molecule has 1 saturated heterocycles. The number of aromatic nitrogens is 1. The van der Waals surface area contributed by atoms with Crippen LogP contribution < -0.4 is 10.2 Å². The van der Waals surface area contributed by atoms with Gasteiger partial charge in [0, 0.05) is 30.6 Å². The Hall–Kier alpha value is -0.650. The quantitative estimate of drug-likeness (QED) is 0.889. The van der Waals surface area contributed by atoms with Gasteiger partial charge in [-0.2, -0.15) is 0 Å². The van der Waals surface area contributed by atoms with Crippen molar-refractivity contribution in [1.29, 1.82) is 0 Å². The van der Waals surface area contributed by atoms with Crippen LogP contribution in [0, 0.1) is 6.92 Å². The summed E-state index contributed by atoms with van der Waals surface area (Å²) in [4.78, 5) is 8.37. The lowest BCUT2D eigenvalue weighted by Gasteiger charge is -2.26. The third-order valence-corrected chi connectivity index (χ3v) is 4.60. The summed E-state index contributed by atoms with van der Waals surface area (Å²) in [6.45, 7) is 11.0. The molecule has 1 unspecified atom stereocenters. The van der Waals surface area contributed by atoms with Gasteiger partial charge in [0.25, 0.3) is 0 Å². The third-order valence-electron chi connectivity index (χ3n) is 3.39. The van der Waals surface area contributed by atoms with Crippen LogP contribution in [-0.4, -0.2) is 37.3 Å². The first kappa shape index (κ1) is 13.8. The molecule has 0 bridgehead atoms. The average Bonchev–Trinajstić information content (AvgIpc) is 2.78. The molecule has 0 saturated carbocycles. The van der Waals surface area contributed by atoms with Gasteiger partial charge in [-0.1, -0.05) is 6.92 Å². The van der Waals surface area contributed by atoms with Crippen molar-refractivity contribution < 1.29 is 4.74 Å². The van der Waals surface area contributed by atoms with E-state index in [1.807, 2.05) is 11.3 Å². The molecule has 0 radical (unpaired) electrons. The van der Waals surface area contributed by atoms with Crippen molar-refractivity contribution in [1.82, 2.24) is 10.3 Å². The number of ether oxygens (including phenoxy) is 1. The lowest BCUT2D eigenvalue weighted by atomic mass is 10.2. The number of hydrogen-bond donors (Lipinski definition) is 1. The van der Waals surface area contributed by atoms with E-state index in [0.29, 0.717) is 6.04 Å². The SMILES string of the molecule is CCC(C)NCc1sc(N2CCOCC2)nc1C. The molecule has 1 fully saturated rings. The van der Waals surface area contributed by atoms with Gasteiger partial charge in [0.2, 0.25) is 0 Å². The standard InChI is InChI=1S/C13H23N3OS/c1-4-10(2)14-9-12-11(3)15-13(18-12)16-5-7-17-8-6-16/h10,14H,4-9H2,1-3H3. The second-order valence-corrected chi connectivity index (χ2v) is 5.86. The van der Waals surface area contributed by atoms with Crippen molar-refractivity contribution >= 4 is 16.5 Å². The minimum Gasteiger partial charge on any atom is -0.378 e. The molecule has 5 heteroatoms. The van der Waals surface area contributed by atoms with Gasteiger partial charge in [0.15, 0.2) is 5.13 Å². The zero-order valence-electron chi connectivity index (χ0n) is 11.5. The van der Waals surface area contributed by atoms with Gasteiger partial charge >= 0.3 is 0 Å². The summed E-state index contributed by atoms with van der Waals surface area (Å²) in [7, 11) is 0. The molecular formula is C13H23N3OS. The Morgan fingerprint density at radius 1 is 1.44 bits per heavy atom. The van der Waals surface area contributed by atoms with Crippen LogP contribution in [0.4, 0.5) is 5.13 Å². The Kier molecular flexibility index (Phi) is 4.97. The highest BCUT2D eigenvalue weighted by molar-refractivity contribution is 7.15. The molecule has 0 spiro atoms. The molecule has 4 nitrogen and oxygen atoms in total. The molecule has 1 aliphatic heterocycles. The first-order valence-corrected chi connectivity index (χ1v) is 7.54. The zero-order chi connectivity index (χ0) is 13.0. The van der Waals surface area contributed by atoms with Crippen LogP contribution in [-0.2, 0) is 11.3 Å². The first-order chi connectivity index (χ1) is 8.70. The van der Waals surface area contributed by atoms with Crippen LogP contribution >= 0.6 is 11.3 Å². The number of nitrogens with one attached hydrogen (secondary N) is 1. The summed E-state index contributed by atoms with van der Waals surface area (Å²) >= 11 is 1.82. The minimum atomic E-state index is 0.568. The van der Waals surface area contributed by atoms with Crippen LogP contribution in [0.25, 0.3) is 0 Å². The summed E-state index contributed by atoms with van der Waals surface area (Å²) in [6, 6.07) is 0.568. The van der Waals surface area contributed by atoms with Crippen molar-refractivity contribution in [3.8, 4) is 0 Å². The molecule has 1 aromatic heterocycles. The van der Waals surface area contributed by atoms with Crippen molar-refractivity contribution in [3.05, 3.63) is 10.6 Å². The van der Waals surface area contributed by atoms with E-state index in [9.17, 15) is 0 Å². The predicted molar refractivity (Wildman–Crippen MR) is 76.5 cm³/mol. The third kappa shape index (κ3) is 3.43. The molecule has 2 heterocycles. The minimum absolute atomic E-state index is 0.568. The fourth-order valence-electron chi connectivity index (χ4n) is 1.88. The number of morpholine rings is 1. The summed E-state index contributed by atoms with van der Waals surface area (Å²) in [6.07, 6.45) is 1.16.